The molecule has 0 amide bonds. The van der Waals surface area contributed by atoms with Crippen molar-refractivity contribution in [3.63, 3.8) is 0 Å². The number of aliphatic hydroxyl groups is 2. The number of rotatable bonds is 23. The van der Waals surface area contributed by atoms with E-state index in [0.29, 0.717) is 29.9 Å². The first kappa shape index (κ1) is 36.2. The smallest absolute Gasteiger partial charge is 0.305 e. The van der Waals surface area contributed by atoms with Gasteiger partial charge >= 0.3 is 5.97 Å². The van der Waals surface area contributed by atoms with Crippen molar-refractivity contribution in [1.29, 1.82) is 0 Å². The van der Waals surface area contributed by atoms with Gasteiger partial charge in [0.05, 0.1) is 18.3 Å². The predicted octanol–water partition coefficient (Wildman–Crippen LogP) is 9.29. The number of unbranched alkanes of at least 4 members (excludes halogenated alkanes) is 10. The molecule has 4 unspecified atom stereocenters. The van der Waals surface area contributed by atoms with Crippen LogP contribution in [0.3, 0.4) is 0 Å². The Balaban J connectivity index is 1.57. The maximum Gasteiger partial charge on any atom is 0.305 e. The zero-order chi connectivity index (χ0) is 30.0. The monoisotopic (exact) mass is 590 g/mol. The Morgan fingerprint density at radius 2 is 1.54 bits per heavy atom. The number of carbonyl (C=O) groups is 1. The molecule has 0 heterocycles. The number of hydrogen-bond donors (Lipinski definition) is 2. The van der Waals surface area contributed by atoms with Crippen LogP contribution in [0.5, 0.6) is 0 Å². The van der Waals surface area contributed by atoms with Crippen LogP contribution in [0, 0.1) is 11.3 Å². The Kier molecular flexibility index (Phi) is 17.6. The lowest BCUT2D eigenvalue weighted by Crippen LogP contribution is -2.45. The number of ether oxygens (including phenoxy) is 1. The molecule has 236 valence electrons. The summed E-state index contributed by atoms with van der Waals surface area (Å²) >= 11 is 1.87. The third-order valence-electron chi connectivity index (χ3n) is 9.57. The number of aryl methyl sites for hydroxylation is 1. The summed E-state index contributed by atoms with van der Waals surface area (Å²) in [7, 11) is 0. The van der Waals surface area contributed by atoms with E-state index in [9.17, 15) is 15.0 Å². The Morgan fingerprint density at radius 1 is 0.902 bits per heavy atom. The van der Waals surface area contributed by atoms with Crippen LogP contribution in [0.25, 0.3) is 0 Å². The Labute approximate surface area is 256 Å². The lowest BCUT2D eigenvalue weighted by molar-refractivity contribution is -0.143. The highest BCUT2D eigenvalue weighted by atomic mass is 32.2. The van der Waals surface area contributed by atoms with Gasteiger partial charge in [0.25, 0.3) is 0 Å². The van der Waals surface area contributed by atoms with Crippen molar-refractivity contribution in [1.82, 2.24) is 0 Å². The van der Waals surface area contributed by atoms with Gasteiger partial charge < -0.3 is 14.9 Å². The Hall–Kier alpha value is -1.04. The molecule has 4 nitrogen and oxygen atoms in total. The first-order valence-corrected chi connectivity index (χ1v) is 17.9. The van der Waals surface area contributed by atoms with Gasteiger partial charge in [0.2, 0.25) is 0 Å². The normalized spacial score (nSPS) is 20.7. The average Bonchev–Trinajstić information content (AvgIpc) is 3.31. The second kappa shape index (κ2) is 20.0. The molecule has 0 saturated heterocycles. The second-order valence-electron chi connectivity index (χ2n) is 13.4. The van der Waals surface area contributed by atoms with Crippen molar-refractivity contribution in [3.05, 3.63) is 35.9 Å². The van der Waals surface area contributed by atoms with Gasteiger partial charge in [0.15, 0.2) is 0 Å². The summed E-state index contributed by atoms with van der Waals surface area (Å²) in [6.45, 7) is 9.18. The lowest BCUT2D eigenvalue weighted by atomic mass is 9.73. The van der Waals surface area contributed by atoms with E-state index in [1.54, 1.807) is 0 Å². The first-order chi connectivity index (χ1) is 19.7. The molecule has 2 N–H and O–H groups in total. The third-order valence-corrected chi connectivity index (χ3v) is 11.3. The molecule has 5 heteroatoms. The second-order valence-corrected chi connectivity index (χ2v) is 14.7. The van der Waals surface area contributed by atoms with Crippen LogP contribution in [0.4, 0.5) is 0 Å². The fourth-order valence-electron chi connectivity index (χ4n) is 5.93. The first-order valence-electron chi connectivity index (χ1n) is 16.9. The number of esters is 1. The topological polar surface area (TPSA) is 66.8 Å². The molecule has 2 rings (SSSR count). The van der Waals surface area contributed by atoms with Crippen LogP contribution in [0.2, 0.25) is 0 Å². The van der Waals surface area contributed by atoms with Gasteiger partial charge in [0.1, 0.15) is 0 Å². The molecule has 0 spiro atoms. The van der Waals surface area contributed by atoms with Gasteiger partial charge in [-0.25, -0.2) is 0 Å². The van der Waals surface area contributed by atoms with Crippen molar-refractivity contribution < 1.29 is 19.7 Å². The van der Waals surface area contributed by atoms with Crippen molar-refractivity contribution in [2.75, 3.05) is 12.4 Å². The standard InChI is InChI=1S/C36H62O4S/c1-5-6-7-8-9-10-13-19-28-40-34(38)23-18-12-11-17-22-31-32(37)24-25-33(31)41-29-36(4,39)35(2,3)27-26-30-20-15-14-16-21-30/h14-16,20-21,31-33,37,39H,5-13,17-19,22-29H2,1-4H3. The molecule has 1 aliphatic carbocycles. The highest BCUT2D eigenvalue weighted by Crippen LogP contribution is 2.43. The summed E-state index contributed by atoms with van der Waals surface area (Å²) in [6.07, 6.45) is 19.3. The van der Waals surface area contributed by atoms with E-state index < -0.39 is 5.60 Å². The third kappa shape index (κ3) is 14.3. The van der Waals surface area contributed by atoms with E-state index in [0.717, 1.165) is 70.6 Å². The molecule has 1 saturated carbocycles. The summed E-state index contributed by atoms with van der Waals surface area (Å²) < 4.78 is 5.42. The van der Waals surface area contributed by atoms with Crippen molar-refractivity contribution in [2.45, 2.75) is 160 Å². The Bertz CT molecular complexity index is 809. The average molecular weight is 591 g/mol. The molecule has 4 atom stereocenters. The van der Waals surface area contributed by atoms with Crippen LogP contribution >= 0.6 is 11.8 Å². The molecule has 0 aromatic heterocycles. The predicted molar refractivity (Wildman–Crippen MR) is 175 cm³/mol. The quantitative estimate of drug-likeness (QED) is 0.0982. The number of hydrogen-bond acceptors (Lipinski definition) is 5. The van der Waals surface area contributed by atoms with Crippen LogP contribution in [0.1, 0.15) is 142 Å². The van der Waals surface area contributed by atoms with E-state index in [2.05, 4.69) is 45.0 Å². The van der Waals surface area contributed by atoms with E-state index in [1.165, 1.54) is 44.1 Å². The molecule has 1 aromatic rings. The van der Waals surface area contributed by atoms with E-state index in [1.807, 2.05) is 24.8 Å². The van der Waals surface area contributed by atoms with Crippen molar-refractivity contribution >= 4 is 17.7 Å². The van der Waals surface area contributed by atoms with Gasteiger partial charge in [-0.05, 0) is 68.8 Å². The van der Waals surface area contributed by atoms with Crippen molar-refractivity contribution in [3.8, 4) is 0 Å². The van der Waals surface area contributed by atoms with Crippen LogP contribution in [-0.4, -0.2) is 45.5 Å². The zero-order valence-corrected chi connectivity index (χ0v) is 27.7. The van der Waals surface area contributed by atoms with Crippen LogP contribution in [-0.2, 0) is 16.0 Å². The molecule has 0 aliphatic heterocycles. The summed E-state index contributed by atoms with van der Waals surface area (Å²) in [6, 6.07) is 10.5. The zero-order valence-electron chi connectivity index (χ0n) is 26.9. The molecule has 0 bridgehead atoms. The largest absolute Gasteiger partial charge is 0.466 e. The summed E-state index contributed by atoms with van der Waals surface area (Å²) in [5, 5.41) is 22.6. The summed E-state index contributed by atoms with van der Waals surface area (Å²) in [5.41, 5.74) is 0.351. The lowest BCUT2D eigenvalue weighted by Gasteiger charge is -2.41. The summed E-state index contributed by atoms with van der Waals surface area (Å²) in [4.78, 5) is 12.0. The van der Waals surface area contributed by atoms with Gasteiger partial charge in [-0.3, -0.25) is 4.79 Å². The fraction of sp³-hybridized carbons (Fsp3) is 0.806. The summed E-state index contributed by atoms with van der Waals surface area (Å²) in [5.74, 6) is 0.957. The fourth-order valence-corrected chi connectivity index (χ4v) is 7.73. The van der Waals surface area contributed by atoms with Gasteiger partial charge in [-0.2, -0.15) is 11.8 Å². The van der Waals surface area contributed by atoms with E-state index in [-0.39, 0.29) is 17.5 Å². The van der Waals surface area contributed by atoms with E-state index >= 15 is 0 Å². The molecule has 1 aromatic carbocycles. The van der Waals surface area contributed by atoms with E-state index in [4.69, 9.17) is 4.74 Å². The SMILES string of the molecule is CCCCCCCCCCOC(=O)CCCCCCC1C(O)CCC1SCC(C)(O)C(C)(C)CCc1ccccc1. The van der Waals surface area contributed by atoms with Crippen LogP contribution < -0.4 is 0 Å². The molecule has 1 aliphatic rings. The van der Waals surface area contributed by atoms with Gasteiger partial charge in [-0.1, -0.05) is 115 Å². The minimum Gasteiger partial charge on any atom is -0.466 e. The number of thioether (sulfide) groups is 1. The molecule has 0 radical (unpaired) electrons. The highest BCUT2D eigenvalue weighted by Gasteiger charge is 2.41. The van der Waals surface area contributed by atoms with Gasteiger partial charge in [-0.15, -0.1) is 0 Å². The number of benzene rings is 1. The maximum atomic E-state index is 12.0. The molecular formula is C36H62O4S. The minimum atomic E-state index is -0.770. The highest BCUT2D eigenvalue weighted by molar-refractivity contribution is 8.00. The molecular weight excluding hydrogens is 528 g/mol. The number of carbonyl (C=O) groups excluding carboxylic acids is 1. The number of aliphatic hydroxyl groups excluding tert-OH is 1. The minimum absolute atomic E-state index is 0.0469. The molecule has 1 fully saturated rings. The van der Waals surface area contributed by atoms with Gasteiger partial charge in [0, 0.05) is 17.4 Å². The van der Waals surface area contributed by atoms with Crippen molar-refractivity contribution in [2.24, 2.45) is 11.3 Å². The maximum absolute atomic E-state index is 12.0. The Morgan fingerprint density at radius 3 is 2.24 bits per heavy atom. The van der Waals surface area contributed by atoms with Crippen LogP contribution in [0.15, 0.2) is 30.3 Å². The molecule has 41 heavy (non-hydrogen) atoms.